The van der Waals surface area contributed by atoms with Crippen LogP contribution in [0.2, 0.25) is 0 Å². The number of hydrogen-bond acceptors (Lipinski definition) is 4. The Morgan fingerprint density at radius 2 is 2.24 bits per heavy atom. The summed E-state index contributed by atoms with van der Waals surface area (Å²) in [4.78, 5) is 23.9. The summed E-state index contributed by atoms with van der Waals surface area (Å²) >= 11 is 0. The molecule has 1 fully saturated rings. The Morgan fingerprint density at radius 3 is 3.00 bits per heavy atom. The number of para-hydroxylation sites is 1. The van der Waals surface area contributed by atoms with Crippen LogP contribution in [-0.2, 0) is 0 Å². The van der Waals surface area contributed by atoms with Gasteiger partial charge < -0.3 is 15.1 Å². The van der Waals surface area contributed by atoms with Crippen LogP contribution in [0.25, 0.3) is 11.0 Å². The lowest BCUT2D eigenvalue weighted by Crippen LogP contribution is -2.37. The topological polar surface area (TPSA) is 71.3 Å². The number of amides is 1. The van der Waals surface area contributed by atoms with Crippen LogP contribution in [0.4, 0.5) is 4.39 Å². The summed E-state index contributed by atoms with van der Waals surface area (Å²) < 4.78 is 18.4. The van der Waals surface area contributed by atoms with Crippen LogP contribution in [-0.4, -0.2) is 31.2 Å². The zero-order valence-electron chi connectivity index (χ0n) is 11.3. The lowest BCUT2D eigenvalue weighted by atomic mass is 10.2. The molecule has 1 saturated heterocycles. The van der Waals surface area contributed by atoms with Gasteiger partial charge in [-0.15, -0.1) is 0 Å². The maximum Gasteiger partial charge on any atom is 0.287 e. The van der Waals surface area contributed by atoms with Crippen LogP contribution in [0.1, 0.15) is 17.0 Å². The first-order valence-corrected chi connectivity index (χ1v) is 6.82. The third-order valence-corrected chi connectivity index (χ3v) is 3.54. The second-order valence-electron chi connectivity index (χ2n) is 5.12. The summed E-state index contributed by atoms with van der Waals surface area (Å²) in [6.07, 6.45) is -0.493. The molecule has 2 atom stereocenters. The minimum Gasteiger partial charge on any atom is -0.451 e. The van der Waals surface area contributed by atoms with Gasteiger partial charge >= 0.3 is 0 Å². The number of carbonyl (C=O) groups is 1. The van der Waals surface area contributed by atoms with Crippen LogP contribution in [0, 0.1) is 0 Å². The predicted octanol–water partition coefficient (Wildman–Crippen LogP) is 1.22. The lowest BCUT2D eigenvalue weighted by molar-refractivity contribution is 0.0922. The fourth-order valence-electron chi connectivity index (χ4n) is 2.44. The molecule has 0 aliphatic carbocycles. The van der Waals surface area contributed by atoms with Gasteiger partial charge in [0.15, 0.2) is 11.2 Å². The van der Waals surface area contributed by atoms with Crippen molar-refractivity contribution < 1.29 is 13.6 Å². The molecule has 6 heteroatoms. The summed E-state index contributed by atoms with van der Waals surface area (Å²) in [7, 11) is 0. The number of hydrogen-bond donors (Lipinski definition) is 2. The van der Waals surface area contributed by atoms with Gasteiger partial charge in [0.1, 0.15) is 11.8 Å². The number of halogens is 1. The van der Waals surface area contributed by atoms with E-state index in [1.165, 1.54) is 6.07 Å². The molecule has 0 saturated carbocycles. The highest BCUT2D eigenvalue weighted by Crippen LogP contribution is 2.12. The summed E-state index contributed by atoms with van der Waals surface area (Å²) in [6.45, 7) is 0.612. The average Bonchev–Trinajstić information content (AvgIpc) is 2.90. The van der Waals surface area contributed by atoms with E-state index in [9.17, 15) is 14.0 Å². The van der Waals surface area contributed by atoms with Gasteiger partial charge in [-0.1, -0.05) is 12.1 Å². The molecule has 2 aromatic rings. The standard InChI is InChI=1S/C15H15FN2O3/c16-9-5-10(17-7-9)8-18-15(20)14-6-12(19)11-3-1-2-4-13(11)21-14/h1-4,6,9-10,17H,5,7-8H2,(H,18,20)/t9-,10-/m0/s1. The Kier molecular flexibility index (Phi) is 3.70. The van der Waals surface area contributed by atoms with Crippen molar-refractivity contribution in [1.82, 2.24) is 10.6 Å². The van der Waals surface area contributed by atoms with E-state index in [0.717, 1.165) is 0 Å². The SMILES string of the molecule is O=C(NC[C@@H]1C[C@H](F)CN1)c1cc(=O)c2ccccc2o1. The van der Waals surface area contributed by atoms with E-state index < -0.39 is 12.1 Å². The largest absolute Gasteiger partial charge is 0.451 e. The normalized spacial score (nSPS) is 21.6. The minimum atomic E-state index is -0.870. The van der Waals surface area contributed by atoms with Gasteiger partial charge in [-0.2, -0.15) is 0 Å². The van der Waals surface area contributed by atoms with Gasteiger partial charge in [0.2, 0.25) is 0 Å². The molecule has 2 N–H and O–H groups in total. The number of rotatable bonds is 3. The molecule has 1 aromatic heterocycles. The second kappa shape index (κ2) is 5.65. The Labute approximate surface area is 120 Å². The zero-order chi connectivity index (χ0) is 14.8. The van der Waals surface area contributed by atoms with Crippen molar-refractivity contribution >= 4 is 16.9 Å². The summed E-state index contributed by atoms with van der Waals surface area (Å²) in [6, 6.07) is 7.84. The number of alkyl halides is 1. The monoisotopic (exact) mass is 290 g/mol. The summed E-state index contributed by atoms with van der Waals surface area (Å²) in [5, 5.41) is 6.06. The van der Waals surface area contributed by atoms with E-state index >= 15 is 0 Å². The molecular weight excluding hydrogens is 275 g/mol. The van der Waals surface area contributed by atoms with Crippen LogP contribution < -0.4 is 16.1 Å². The molecule has 1 aliphatic rings. The highest BCUT2D eigenvalue weighted by atomic mass is 19.1. The van der Waals surface area contributed by atoms with Gasteiger partial charge in [0.05, 0.1) is 5.39 Å². The molecule has 1 aromatic carbocycles. The molecule has 0 bridgehead atoms. The number of carbonyl (C=O) groups excluding carboxylic acids is 1. The maximum atomic E-state index is 13.0. The second-order valence-corrected chi connectivity index (χ2v) is 5.12. The van der Waals surface area contributed by atoms with E-state index in [1.54, 1.807) is 24.3 Å². The molecule has 1 aliphatic heterocycles. The molecule has 5 nitrogen and oxygen atoms in total. The first-order chi connectivity index (χ1) is 10.1. The highest BCUT2D eigenvalue weighted by Gasteiger charge is 2.24. The van der Waals surface area contributed by atoms with Crippen molar-refractivity contribution in [2.75, 3.05) is 13.1 Å². The number of benzene rings is 1. The first-order valence-electron chi connectivity index (χ1n) is 6.82. The fraction of sp³-hybridized carbons (Fsp3) is 0.333. The van der Waals surface area contributed by atoms with E-state index in [1.807, 2.05) is 0 Å². The van der Waals surface area contributed by atoms with Crippen molar-refractivity contribution in [2.24, 2.45) is 0 Å². The first kappa shape index (κ1) is 13.8. The van der Waals surface area contributed by atoms with Crippen LogP contribution in [0.5, 0.6) is 0 Å². The molecular formula is C15H15FN2O3. The molecule has 3 rings (SSSR count). The van der Waals surface area contributed by atoms with Gasteiger partial charge in [0, 0.05) is 25.2 Å². The summed E-state index contributed by atoms with van der Waals surface area (Å²) in [5.41, 5.74) is 0.114. The van der Waals surface area contributed by atoms with E-state index in [2.05, 4.69) is 10.6 Å². The Hall–Kier alpha value is -2.21. The van der Waals surface area contributed by atoms with Crippen molar-refractivity contribution in [3.05, 3.63) is 46.3 Å². The molecule has 110 valence electrons. The smallest absolute Gasteiger partial charge is 0.287 e. The van der Waals surface area contributed by atoms with Crippen molar-refractivity contribution in [3.8, 4) is 0 Å². The Balaban J connectivity index is 1.74. The van der Waals surface area contributed by atoms with Crippen LogP contribution >= 0.6 is 0 Å². The fourth-order valence-corrected chi connectivity index (χ4v) is 2.44. The number of fused-ring (bicyclic) bond motifs is 1. The third-order valence-electron chi connectivity index (χ3n) is 3.54. The van der Waals surface area contributed by atoms with Crippen molar-refractivity contribution in [3.63, 3.8) is 0 Å². The number of nitrogens with one attached hydrogen (secondary N) is 2. The van der Waals surface area contributed by atoms with E-state index in [4.69, 9.17) is 4.42 Å². The zero-order valence-corrected chi connectivity index (χ0v) is 11.3. The quantitative estimate of drug-likeness (QED) is 0.891. The lowest BCUT2D eigenvalue weighted by Gasteiger charge is -2.10. The predicted molar refractivity (Wildman–Crippen MR) is 76.1 cm³/mol. The summed E-state index contributed by atoms with van der Waals surface area (Å²) in [5.74, 6) is -0.504. The molecule has 1 amide bonds. The van der Waals surface area contributed by atoms with Crippen LogP contribution in [0.3, 0.4) is 0 Å². The molecule has 0 spiro atoms. The Bertz CT molecular complexity index is 728. The van der Waals surface area contributed by atoms with Crippen molar-refractivity contribution in [2.45, 2.75) is 18.6 Å². The molecule has 21 heavy (non-hydrogen) atoms. The highest BCUT2D eigenvalue weighted by molar-refractivity contribution is 5.93. The van der Waals surface area contributed by atoms with Gasteiger partial charge in [-0.05, 0) is 18.6 Å². The molecule has 0 unspecified atom stereocenters. The Morgan fingerprint density at radius 1 is 1.43 bits per heavy atom. The van der Waals surface area contributed by atoms with E-state index in [-0.39, 0.29) is 17.2 Å². The van der Waals surface area contributed by atoms with Gasteiger partial charge in [-0.3, -0.25) is 9.59 Å². The average molecular weight is 290 g/mol. The molecule has 2 heterocycles. The van der Waals surface area contributed by atoms with E-state index in [0.29, 0.717) is 30.5 Å². The van der Waals surface area contributed by atoms with Crippen LogP contribution in [0.15, 0.2) is 39.5 Å². The van der Waals surface area contributed by atoms with Crippen molar-refractivity contribution in [1.29, 1.82) is 0 Å². The minimum absolute atomic E-state index is 0.0338. The van der Waals surface area contributed by atoms with Gasteiger partial charge in [-0.25, -0.2) is 4.39 Å². The third kappa shape index (κ3) is 2.95. The maximum absolute atomic E-state index is 13.0. The molecule has 0 radical (unpaired) electrons. The van der Waals surface area contributed by atoms with Gasteiger partial charge in [0.25, 0.3) is 5.91 Å².